The first kappa shape index (κ1) is 17.7. The topological polar surface area (TPSA) is 36.4 Å². The molecule has 0 saturated carbocycles. The highest BCUT2D eigenvalue weighted by atomic mass is 35.5. The lowest BCUT2D eigenvalue weighted by Gasteiger charge is -2.35. The highest BCUT2D eigenvalue weighted by Crippen LogP contribution is 2.23. The van der Waals surface area contributed by atoms with Crippen molar-refractivity contribution in [2.24, 2.45) is 0 Å². The second kappa shape index (κ2) is 7.04. The third-order valence-electron chi connectivity index (χ3n) is 4.60. The van der Waals surface area contributed by atoms with Crippen molar-refractivity contribution in [3.8, 4) is 0 Å². The molecule has 4 nitrogen and oxygen atoms in total. The summed E-state index contributed by atoms with van der Waals surface area (Å²) in [5.74, 6) is 1.01. The lowest BCUT2D eigenvalue weighted by Crippen LogP contribution is -2.49. The van der Waals surface area contributed by atoms with Crippen molar-refractivity contribution in [3.05, 3.63) is 58.7 Å². The number of halogens is 1. The Morgan fingerprint density at radius 3 is 2.16 bits per heavy atom. The quantitative estimate of drug-likeness (QED) is 0.815. The van der Waals surface area contributed by atoms with Gasteiger partial charge in [0.05, 0.1) is 5.02 Å². The maximum atomic E-state index is 12.7. The summed E-state index contributed by atoms with van der Waals surface area (Å²) >= 11 is 5.89. The highest BCUT2D eigenvalue weighted by molar-refractivity contribution is 6.30. The average Bonchev–Trinajstić information content (AvgIpc) is 2.61. The summed E-state index contributed by atoms with van der Waals surface area (Å²) in [6.07, 6.45) is 1.66. The smallest absolute Gasteiger partial charge is 0.253 e. The molecule has 1 amide bonds. The fourth-order valence-electron chi connectivity index (χ4n) is 2.99. The first-order valence-electron chi connectivity index (χ1n) is 8.61. The summed E-state index contributed by atoms with van der Waals surface area (Å²) < 4.78 is 0. The van der Waals surface area contributed by atoms with Gasteiger partial charge in [-0.1, -0.05) is 44.5 Å². The minimum absolute atomic E-state index is 0.0960. The Labute approximate surface area is 154 Å². The maximum absolute atomic E-state index is 12.7. The second-order valence-electron chi connectivity index (χ2n) is 7.44. The van der Waals surface area contributed by atoms with Crippen molar-refractivity contribution in [2.75, 3.05) is 31.1 Å². The zero-order chi connectivity index (χ0) is 18.0. The Bertz CT molecular complexity index is 727. The molecule has 2 aromatic rings. The molecule has 1 aliphatic rings. The number of carbonyl (C=O) groups excluding carboxylic acids is 1. The Morgan fingerprint density at radius 1 is 1.00 bits per heavy atom. The van der Waals surface area contributed by atoms with E-state index in [0.717, 1.165) is 24.5 Å². The van der Waals surface area contributed by atoms with Crippen molar-refractivity contribution in [1.82, 2.24) is 9.88 Å². The van der Waals surface area contributed by atoms with E-state index in [2.05, 4.69) is 42.8 Å². The first-order valence-corrected chi connectivity index (χ1v) is 8.99. The molecule has 1 saturated heterocycles. The minimum Gasteiger partial charge on any atom is -0.353 e. The van der Waals surface area contributed by atoms with Crippen LogP contribution in [0.5, 0.6) is 0 Å². The normalized spacial score (nSPS) is 15.4. The Hall–Kier alpha value is -2.07. The molecule has 0 atom stereocenters. The third-order valence-corrected chi connectivity index (χ3v) is 4.82. The largest absolute Gasteiger partial charge is 0.353 e. The van der Waals surface area contributed by atoms with E-state index in [1.165, 1.54) is 5.56 Å². The van der Waals surface area contributed by atoms with Crippen molar-refractivity contribution in [3.63, 3.8) is 0 Å². The second-order valence-corrected chi connectivity index (χ2v) is 7.88. The number of benzene rings is 1. The van der Waals surface area contributed by atoms with E-state index >= 15 is 0 Å². The molecule has 1 aliphatic heterocycles. The molecule has 132 valence electrons. The van der Waals surface area contributed by atoms with Crippen LogP contribution in [0.1, 0.15) is 36.7 Å². The van der Waals surface area contributed by atoms with Crippen LogP contribution in [0.3, 0.4) is 0 Å². The van der Waals surface area contributed by atoms with Crippen molar-refractivity contribution in [1.29, 1.82) is 0 Å². The molecule has 0 aliphatic carbocycles. The number of anilines is 1. The number of aromatic nitrogens is 1. The molecule has 1 aromatic carbocycles. The van der Waals surface area contributed by atoms with E-state index in [1.807, 2.05) is 29.2 Å². The van der Waals surface area contributed by atoms with Gasteiger partial charge in [-0.15, -0.1) is 0 Å². The molecule has 1 aromatic heterocycles. The monoisotopic (exact) mass is 357 g/mol. The summed E-state index contributed by atoms with van der Waals surface area (Å²) in [7, 11) is 0. The molecular weight excluding hydrogens is 334 g/mol. The summed E-state index contributed by atoms with van der Waals surface area (Å²) in [5.41, 5.74) is 2.09. The Morgan fingerprint density at radius 2 is 1.64 bits per heavy atom. The molecule has 0 bridgehead atoms. The maximum Gasteiger partial charge on any atom is 0.253 e. The van der Waals surface area contributed by atoms with E-state index in [0.29, 0.717) is 18.1 Å². The van der Waals surface area contributed by atoms with E-state index in [1.54, 1.807) is 6.20 Å². The summed E-state index contributed by atoms with van der Waals surface area (Å²) in [4.78, 5) is 21.2. The highest BCUT2D eigenvalue weighted by Gasteiger charge is 2.23. The number of hydrogen-bond donors (Lipinski definition) is 0. The van der Waals surface area contributed by atoms with Gasteiger partial charge in [0, 0.05) is 37.9 Å². The number of pyridine rings is 1. The molecule has 0 radical (unpaired) electrons. The molecule has 5 heteroatoms. The molecule has 1 fully saturated rings. The lowest BCUT2D eigenvalue weighted by molar-refractivity contribution is 0.0746. The van der Waals surface area contributed by atoms with Crippen LogP contribution in [0, 0.1) is 0 Å². The van der Waals surface area contributed by atoms with Crippen molar-refractivity contribution >= 4 is 23.3 Å². The van der Waals surface area contributed by atoms with Gasteiger partial charge in [-0.05, 0) is 35.2 Å². The Kier molecular flexibility index (Phi) is 5.00. The van der Waals surface area contributed by atoms with Crippen LogP contribution in [-0.4, -0.2) is 42.0 Å². The van der Waals surface area contributed by atoms with Gasteiger partial charge in [-0.25, -0.2) is 4.98 Å². The zero-order valence-electron chi connectivity index (χ0n) is 15.0. The molecule has 3 rings (SSSR count). The van der Waals surface area contributed by atoms with Gasteiger partial charge >= 0.3 is 0 Å². The molecule has 0 unspecified atom stereocenters. The van der Waals surface area contributed by atoms with Crippen LogP contribution in [0.4, 0.5) is 5.82 Å². The van der Waals surface area contributed by atoms with Gasteiger partial charge in [-0.2, -0.15) is 0 Å². The van der Waals surface area contributed by atoms with Crippen molar-refractivity contribution in [2.45, 2.75) is 26.2 Å². The van der Waals surface area contributed by atoms with E-state index < -0.39 is 0 Å². The van der Waals surface area contributed by atoms with Crippen LogP contribution in [0.2, 0.25) is 5.02 Å². The number of nitrogens with zero attached hydrogens (tertiary/aromatic N) is 3. The SMILES string of the molecule is CC(C)(C)c1ccc(C(=O)N2CCN(c3ccc(Cl)cn3)CC2)cc1. The average molecular weight is 358 g/mol. The van der Waals surface area contributed by atoms with E-state index in [-0.39, 0.29) is 11.3 Å². The first-order chi connectivity index (χ1) is 11.8. The van der Waals surface area contributed by atoms with E-state index in [4.69, 9.17) is 11.6 Å². The fourth-order valence-corrected chi connectivity index (χ4v) is 3.10. The van der Waals surface area contributed by atoms with Crippen LogP contribution < -0.4 is 4.90 Å². The molecule has 0 spiro atoms. The number of amides is 1. The van der Waals surface area contributed by atoms with Gasteiger partial charge in [-0.3, -0.25) is 4.79 Å². The summed E-state index contributed by atoms with van der Waals surface area (Å²) in [5, 5.41) is 0.635. The predicted molar refractivity (Wildman–Crippen MR) is 103 cm³/mol. The Balaban J connectivity index is 1.62. The summed E-state index contributed by atoms with van der Waals surface area (Å²) in [6.45, 7) is 9.48. The number of carbonyl (C=O) groups is 1. The fraction of sp³-hybridized carbons (Fsp3) is 0.400. The van der Waals surface area contributed by atoms with Gasteiger partial charge in [0.2, 0.25) is 0 Å². The van der Waals surface area contributed by atoms with Crippen molar-refractivity contribution < 1.29 is 4.79 Å². The molecular formula is C20H24ClN3O. The van der Waals surface area contributed by atoms with Gasteiger partial charge < -0.3 is 9.80 Å². The minimum atomic E-state index is 0.0960. The lowest BCUT2D eigenvalue weighted by atomic mass is 9.86. The summed E-state index contributed by atoms with van der Waals surface area (Å²) in [6, 6.07) is 11.8. The van der Waals surface area contributed by atoms with Gasteiger partial charge in [0.15, 0.2) is 0 Å². The standard InChI is InChI=1S/C20H24ClN3O/c1-20(2,3)16-6-4-15(5-7-16)19(25)24-12-10-23(11-13-24)18-9-8-17(21)14-22-18/h4-9,14H,10-13H2,1-3H3. The van der Waals surface area contributed by atoms with Crippen LogP contribution >= 0.6 is 11.6 Å². The molecule has 0 N–H and O–H groups in total. The van der Waals surface area contributed by atoms with Crippen LogP contribution in [0.15, 0.2) is 42.6 Å². The van der Waals surface area contributed by atoms with Crippen LogP contribution in [-0.2, 0) is 5.41 Å². The third kappa shape index (κ3) is 4.13. The molecule has 2 heterocycles. The van der Waals surface area contributed by atoms with E-state index in [9.17, 15) is 4.79 Å². The van der Waals surface area contributed by atoms with Gasteiger partial charge in [0.25, 0.3) is 5.91 Å². The number of hydrogen-bond acceptors (Lipinski definition) is 3. The predicted octanol–water partition coefficient (Wildman–Crippen LogP) is 3.99. The van der Waals surface area contributed by atoms with Crippen LogP contribution in [0.25, 0.3) is 0 Å². The molecule has 25 heavy (non-hydrogen) atoms. The zero-order valence-corrected chi connectivity index (χ0v) is 15.8. The van der Waals surface area contributed by atoms with Gasteiger partial charge in [0.1, 0.15) is 5.82 Å². The number of rotatable bonds is 2. The number of piperazine rings is 1.